The van der Waals surface area contributed by atoms with E-state index in [0.717, 1.165) is 23.7 Å². The number of amides is 2. The van der Waals surface area contributed by atoms with Crippen LogP contribution in [0.4, 0.5) is 5.69 Å². The van der Waals surface area contributed by atoms with Crippen molar-refractivity contribution in [2.45, 2.75) is 25.7 Å². The van der Waals surface area contributed by atoms with Crippen molar-refractivity contribution in [3.8, 4) is 0 Å². The number of hydrogen-bond donors (Lipinski definition) is 1. The number of aryl methyl sites for hydroxylation is 3. The van der Waals surface area contributed by atoms with E-state index in [0.29, 0.717) is 25.4 Å². The number of piperazine rings is 1. The second kappa shape index (κ2) is 9.94. The Morgan fingerprint density at radius 2 is 1.62 bits per heavy atom. The van der Waals surface area contributed by atoms with Crippen LogP contribution in [0.3, 0.4) is 0 Å². The van der Waals surface area contributed by atoms with Crippen molar-refractivity contribution < 1.29 is 9.59 Å². The molecule has 5 nitrogen and oxygen atoms in total. The van der Waals surface area contributed by atoms with Gasteiger partial charge in [0, 0.05) is 36.8 Å². The van der Waals surface area contributed by atoms with E-state index in [-0.39, 0.29) is 11.8 Å². The van der Waals surface area contributed by atoms with Crippen LogP contribution in [-0.4, -0.2) is 60.1 Å². The minimum absolute atomic E-state index is 0.0149. The summed E-state index contributed by atoms with van der Waals surface area (Å²) in [6.45, 7) is 9.35. The number of carbonyl (C=O) groups excluding carboxylic acids is 2. The van der Waals surface area contributed by atoms with Gasteiger partial charge < -0.3 is 10.2 Å². The molecule has 1 saturated heterocycles. The molecule has 3 rings (SSSR count). The summed E-state index contributed by atoms with van der Waals surface area (Å²) in [4.78, 5) is 29.9. The molecule has 2 amide bonds. The Bertz CT molecular complexity index is 859. The molecule has 0 saturated carbocycles. The van der Waals surface area contributed by atoms with E-state index in [2.05, 4.69) is 42.3 Å². The Kier molecular flexibility index (Phi) is 7.34. The van der Waals surface area contributed by atoms with Gasteiger partial charge in [0.25, 0.3) is 0 Å². The SMILES string of the molecule is Cc1ccc(NC(=O)CN2CCN(C(=O)CSc3ccc(C)c(C)c3)CC2)cc1. The van der Waals surface area contributed by atoms with E-state index in [1.165, 1.54) is 16.7 Å². The molecule has 0 radical (unpaired) electrons. The first-order valence-electron chi connectivity index (χ1n) is 9.97. The van der Waals surface area contributed by atoms with Crippen LogP contribution >= 0.6 is 11.8 Å². The molecule has 0 bridgehead atoms. The van der Waals surface area contributed by atoms with Gasteiger partial charge in [0.05, 0.1) is 12.3 Å². The average molecular weight is 412 g/mol. The quantitative estimate of drug-likeness (QED) is 0.740. The topological polar surface area (TPSA) is 52.7 Å². The molecule has 0 unspecified atom stereocenters. The van der Waals surface area contributed by atoms with Crippen LogP contribution in [0, 0.1) is 20.8 Å². The van der Waals surface area contributed by atoms with Crippen LogP contribution < -0.4 is 5.32 Å². The first-order valence-corrected chi connectivity index (χ1v) is 11.0. The fourth-order valence-electron chi connectivity index (χ4n) is 3.24. The third-order valence-electron chi connectivity index (χ3n) is 5.27. The molecule has 0 atom stereocenters. The maximum absolute atomic E-state index is 12.5. The van der Waals surface area contributed by atoms with Gasteiger partial charge in [-0.05, 0) is 56.2 Å². The maximum Gasteiger partial charge on any atom is 0.238 e. The summed E-state index contributed by atoms with van der Waals surface area (Å²) in [6, 6.07) is 14.1. The standard InChI is InChI=1S/C23H29N3O2S/c1-17-4-7-20(8-5-17)24-22(27)15-25-10-12-26(13-11-25)23(28)16-29-21-9-6-18(2)19(3)14-21/h4-9,14H,10-13,15-16H2,1-3H3,(H,24,27). The lowest BCUT2D eigenvalue weighted by molar-refractivity contribution is -0.130. The molecule has 1 aliphatic rings. The first kappa shape index (κ1) is 21.4. The molecule has 29 heavy (non-hydrogen) atoms. The third kappa shape index (κ3) is 6.34. The third-order valence-corrected chi connectivity index (χ3v) is 6.25. The molecule has 0 spiro atoms. The molecular formula is C23H29N3O2S. The first-order chi connectivity index (χ1) is 13.9. The summed E-state index contributed by atoms with van der Waals surface area (Å²) >= 11 is 1.59. The van der Waals surface area contributed by atoms with Crippen molar-refractivity contribution in [1.29, 1.82) is 0 Å². The zero-order chi connectivity index (χ0) is 20.8. The molecular weight excluding hydrogens is 382 g/mol. The Labute approximate surface area is 177 Å². The Morgan fingerprint density at radius 1 is 0.931 bits per heavy atom. The summed E-state index contributed by atoms with van der Waals surface area (Å²) in [7, 11) is 0. The Balaban J connectivity index is 1.40. The van der Waals surface area contributed by atoms with E-state index in [9.17, 15) is 9.59 Å². The second-order valence-corrected chi connectivity index (χ2v) is 8.65. The monoisotopic (exact) mass is 411 g/mol. The van der Waals surface area contributed by atoms with E-state index in [4.69, 9.17) is 0 Å². The highest BCUT2D eigenvalue weighted by molar-refractivity contribution is 8.00. The highest BCUT2D eigenvalue weighted by Crippen LogP contribution is 2.21. The van der Waals surface area contributed by atoms with E-state index in [1.54, 1.807) is 11.8 Å². The Hall–Kier alpha value is -2.31. The number of anilines is 1. The molecule has 1 N–H and O–H groups in total. The lowest BCUT2D eigenvalue weighted by Crippen LogP contribution is -2.50. The van der Waals surface area contributed by atoms with E-state index in [1.807, 2.05) is 36.1 Å². The van der Waals surface area contributed by atoms with Gasteiger partial charge in [-0.25, -0.2) is 0 Å². The zero-order valence-electron chi connectivity index (χ0n) is 17.4. The smallest absolute Gasteiger partial charge is 0.238 e. The maximum atomic E-state index is 12.5. The summed E-state index contributed by atoms with van der Waals surface area (Å²) in [5, 5.41) is 2.93. The van der Waals surface area contributed by atoms with Gasteiger partial charge in [0.2, 0.25) is 11.8 Å². The molecule has 0 aliphatic carbocycles. The van der Waals surface area contributed by atoms with Crippen LogP contribution in [0.2, 0.25) is 0 Å². The number of nitrogens with one attached hydrogen (secondary N) is 1. The van der Waals surface area contributed by atoms with Crippen LogP contribution in [0.1, 0.15) is 16.7 Å². The van der Waals surface area contributed by atoms with Gasteiger partial charge in [-0.1, -0.05) is 23.8 Å². The normalized spacial score (nSPS) is 14.7. The minimum atomic E-state index is -0.0149. The highest BCUT2D eigenvalue weighted by atomic mass is 32.2. The van der Waals surface area contributed by atoms with Crippen molar-refractivity contribution in [3.63, 3.8) is 0 Å². The van der Waals surface area contributed by atoms with Gasteiger partial charge in [-0.2, -0.15) is 0 Å². The van der Waals surface area contributed by atoms with Crippen molar-refractivity contribution in [2.75, 3.05) is 43.8 Å². The van der Waals surface area contributed by atoms with E-state index >= 15 is 0 Å². The molecule has 154 valence electrons. The molecule has 1 heterocycles. The number of nitrogens with zero attached hydrogens (tertiary/aromatic N) is 2. The van der Waals surface area contributed by atoms with Crippen LogP contribution in [0.15, 0.2) is 47.4 Å². The lowest BCUT2D eigenvalue weighted by Gasteiger charge is -2.34. The summed E-state index contributed by atoms with van der Waals surface area (Å²) in [5.41, 5.74) is 4.50. The van der Waals surface area contributed by atoms with Crippen molar-refractivity contribution >= 4 is 29.3 Å². The van der Waals surface area contributed by atoms with Gasteiger partial charge in [0.15, 0.2) is 0 Å². The van der Waals surface area contributed by atoms with Gasteiger partial charge in [0.1, 0.15) is 0 Å². The summed E-state index contributed by atoms with van der Waals surface area (Å²) in [5.74, 6) is 0.604. The van der Waals surface area contributed by atoms with Crippen LogP contribution in [-0.2, 0) is 9.59 Å². The molecule has 6 heteroatoms. The largest absolute Gasteiger partial charge is 0.339 e. The highest BCUT2D eigenvalue weighted by Gasteiger charge is 2.22. The summed E-state index contributed by atoms with van der Waals surface area (Å²) < 4.78 is 0. The van der Waals surface area contributed by atoms with Crippen molar-refractivity contribution in [2.24, 2.45) is 0 Å². The number of thioether (sulfide) groups is 1. The fraction of sp³-hybridized carbons (Fsp3) is 0.391. The fourth-order valence-corrected chi connectivity index (χ4v) is 4.13. The second-order valence-electron chi connectivity index (χ2n) is 7.61. The molecule has 2 aromatic carbocycles. The van der Waals surface area contributed by atoms with Gasteiger partial charge in [-0.15, -0.1) is 11.8 Å². The number of carbonyl (C=O) groups is 2. The predicted molar refractivity (Wildman–Crippen MR) is 119 cm³/mol. The minimum Gasteiger partial charge on any atom is -0.339 e. The number of rotatable bonds is 6. The summed E-state index contributed by atoms with van der Waals surface area (Å²) in [6.07, 6.45) is 0. The molecule has 2 aromatic rings. The average Bonchev–Trinajstić information content (AvgIpc) is 2.71. The van der Waals surface area contributed by atoms with Crippen molar-refractivity contribution in [3.05, 3.63) is 59.2 Å². The molecule has 0 aromatic heterocycles. The lowest BCUT2D eigenvalue weighted by atomic mass is 10.1. The van der Waals surface area contributed by atoms with Crippen molar-refractivity contribution in [1.82, 2.24) is 9.80 Å². The van der Waals surface area contributed by atoms with Gasteiger partial charge >= 0.3 is 0 Å². The molecule has 1 aliphatic heterocycles. The van der Waals surface area contributed by atoms with E-state index < -0.39 is 0 Å². The van der Waals surface area contributed by atoms with Crippen LogP contribution in [0.5, 0.6) is 0 Å². The number of hydrogen-bond acceptors (Lipinski definition) is 4. The van der Waals surface area contributed by atoms with Crippen LogP contribution in [0.25, 0.3) is 0 Å². The predicted octanol–water partition coefficient (Wildman–Crippen LogP) is 3.49. The molecule has 1 fully saturated rings. The zero-order valence-corrected chi connectivity index (χ0v) is 18.2. The Morgan fingerprint density at radius 3 is 2.28 bits per heavy atom. The number of benzene rings is 2. The van der Waals surface area contributed by atoms with Gasteiger partial charge in [-0.3, -0.25) is 14.5 Å².